The van der Waals surface area contributed by atoms with Crippen molar-refractivity contribution in [3.05, 3.63) is 23.9 Å². The van der Waals surface area contributed by atoms with E-state index < -0.39 is 0 Å². The fourth-order valence-electron chi connectivity index (χ4n) is 2.81. The minimum absolute atomic E-state index is 0.393. The first kappa shape index (κ1) is 21.2. The minimum atomic E-state index is 0.393. The van der Waals surface area contributed by atoms with E-state index in [1.807, 2.05) is 38.3 Å². The Morgan fingerprint density at radius 2 is 2.00 bits per heavy atom. The van der Waals surface area contributed by atoms with Gasteiger partial charge in [0, 0.05) is 45.5 Å². The number of hydrogen-bond acceptors (Lipinski definition) is 4. The number of rotatable bonds is 10. The molecule has 0 saturated heterocycles. The first-order valence-corrected chi connectivity index (χ1v) is 9.32. The third-order valence-electron chi connectivity index (χ3n) is 4.35. The molecule has 0 aliphatic heterocycles. The lowest BCUT2D eigenvalue weighted by Crippen LogP contribution is -2.42. The first-order chi connectivity index (χ1) is 12.0. The molecule has 1 atom stereocenters. The number of hydrogen-bond donors (Lipinski definition) is 2. The van der Waals surface area contributed by atoms with Crippen LogP contribution < -0.4 is 15.5 Å². The Morgan fingerprint density at radius 3 is 2.60 bits per heavy atom. The van der Waals surface area contributed by atoms with Gasteiger partial charge >= 0.3 is 0 Å². The van der Waals surface area contributed by atoms with Crippen molar-refractivity contribution in [2.24, 2.45) is 4.99 Å². The highest BCUT2D eigenvalue weighted by Crippen LogP contribution is 2.13. The number of anilines is 1. The van der Waals surface area contributed by atoms with E-state index in [9.17, 15) is 0 Å². The predicted octanol–water partition coefficient (Wildman–Crippen LogP) is 2.32. The second kappa shape index (κ2) is 11.7. The third kappa shape index (κ3) is 7.73. The van der Waals surface area contributed by atoms with Crippen LogP contribution in [0.1, 0.15) is 39.2 Å². The van der Waals surface area contributed by atoms with E-state index in [2.05, 4.69) is 52.3 Å². The van der Waals surface area contributed by atoms with E-state index in [0.717, 1.165) is 43.4 Å². The van der Waals surface area contributed by atoms with Crippen molar-refractivity contribution in [3.8, 4) is 0 Å². The highest BCUT2D eigenvalue weighted by Gasteiger charge is 2.09. The van der Waals surface area contributed by atoms with Crippen LogP contribution in [-0.2, 0) is 6.54 Å². The van der Waals surface area contributed by atoms with Crippen LogP contribution in [0.5, 0.6) is 0 Å². The molecule has 6 nitrogen and oxygen atoms in total. The van der Waals surface area contributed by atoms with Crippen molar-refractivity contribution in [2.45, 2.75) is 46.2 Å². The van der Waals surface area contributed by atoms with Crippen molar-refractivity contribution in [1.29, 1.82) is 0 Å². The van der Waals surface area contributed by atoms with Crippen LogP contribution in [0.25, 0.3) is 0 Å². The summed E-state index contributed by atoms with van der Waals surface area (Å²) in [7, 11) is 5.84. The van der Waals surface area contributed by atoms with E-state index in [-0.39, 0.29) is 0 Å². The maximum atomic E-state index is 4.44. The molecule has 1 rings (SSSR count). The zero-order valence-corrected chi connectivity index (χ0v) is 16.8. The maximum absolute atomic E-state index is 4.44. The zero-order valence-electron chi connectivity index (χ0n) is 16.8. The Labute approximate surface area is 153 Å². The van der Waals surface area contributed by atoms with Gasteiger partial charge in [-0.05, 0) is 45.5 Å². The second-order valence-electron chi connectivity index (χ2n) is 6.52. The molecule has 0 aromatic carbocycles. The predicted molar refractivity (Wildman–Crippen MR) is 108 cm³/mol. The largest absolute Gasteiger partial charge is 0.362 e. The van der Waals surface area contributed by atoms with Gasteiger partial charge in [-0.15, -0.1) is 0 Å². The van der Waals surface area contributed by atoms with Gasteiger partial charge in [0.15, 0.2) is 5.96 Å². The standard InChI is InChI=1S/C19H36N6/c1-7-25(8-2)14-10-11-16(3)23-19(20-4)22-15-17-12-9-13-21-18(17)24(5)6/h9,12-13,16H,7-8,10-11,14-15H2,1-6H3,(H2,20,22,23). The molecule has 0 radical (unpaired) electrons. The molecular formula is C19H36N6. The monoisotopic (exact) mass is 348 g/mol. The molecule has 0 saturated carbocycles. The van der Waals surface area contributed by atoms with Crippen LogP contribution in [0, 0.1) is 0 Å². The summed E-state index contributed by atoms with van der Waals surface area (Å²) in [6.45, 7) is 10.8. The quantitative estimate of drug-likeness (QED) is 0.502. The molecule has 0 aliphatic rings. The third-order valence-corrected chi connectivity index (χ3v) is 4.35. The SMILES string of the molecule is CCN(CC)CCCC(C)NC(=NC)NCc1cccnc1N(C)C. The lowest BCUT2D eigenvalue weighted by Gasteiger charge is -2.22. The zero-order chi connectivity index (χ0) is 18.7. The van der Waals surface area contributed by atoms with Gasteiger partial charge in [0.05, 0.1) is 0 Å². The Balaban J connectivity index is 2.44. The van der Waals surface area contributed by atoms with Crippen LogP contribution >= 0.6 is 0 Å². The summed E-state index contributed by atoms with van der Waals surface area (Å²) in [5.74, 6) is 1.82. The number of nitrogens with zero attached hydrogens (tertiary/aromatic N) is 4. The Hall–Kier alpha value is -1.82. The maximum Gasteiger partial charge on any atom is 0.191 e. The van der Waals surface area contributed by atoms with Crippen molar-refractivity contribution < 1.29 is 0 Å². The van der Waals surface area contributed by atoms with Crippen molar-refractivity contribution in [2.75, 3.05) is 45.7 Å². The average Bonchev–Trinajstić information content (AvgIpc) is 2.62. The minimum Gasteiger partial charge on any atom is -0.362 e. The topological polar surface area (TPSA) is 55.8 Å². The molecule has 1 aromatic rings. The molecule has 1 unspecified atom stereocenters. The average molecular weight is 349 g/mol. The van der Waals surface area contributed by atoms with E-state index in [1.54, 1.807) is 0 Å². The Bertz CT molecular complexity index is 510. The van der Waals surface area contributed by atoms with Crippen LogP contribution in [0.2, 0.25) is 0 Å². The summed E-state index contributed by atoms with van der Waals surface area (Å²) in [4.78, 5) is 13.3. The van der Waals surface area contributed by atoms with Gasteiger partial charge in [0.2, 0.25) is 0 Å². The summed E-state index contributed by atoms with van der Waals surface area (Å²) >= 11 is 0. The van der Waals surface area contributed by atoms with Crippen molar-refractivity contribution in [1.82, 2.24) is 20.5 Å². The molecule has 0 aliphatic carbocycles. The van der Waals surface area contributed by atoms with E-state index >= 15 is 0 Å². The van der Waals surface area contributed by atoms with Gasteiger partial charge in [0.1, 0.15) is 5.82 Å². The normalized spacial score (nSPS) is 13.0. The lowest BCUT2D eigenvalue weighted by atomic mass is 10.2. The second-order valence-corrected chi connectivity index (χ2v) is 6.52. The number of aliphatic imine (C=N–C) groups is 1. The summed E-state index contributed by atoms with van der Waals surface area (Å²) < 4.78 is 0. The Kier molecular flexibility index (Phi) is 9.92. The molecule has 6 heteroatoms. The van der Waals surface area contributed by atoms with Gasteiger partial charge in [-0.1, -0.05) is 19.9 Å². The number of aromatic nitrogens is 1. The van der Waals surface area contributed by atoms with Crippen LogP contribution in [-0.4, -0.2) is 62.7 Å². The molecule has 0 spiro atoms. The number of guanidine groups is 1. The summed E-state index contributed by atoms with van der Waals surface area (Å²) in [5, 5.41) is 6.88. The fourth-order valence-corrected chi connectivity index (χ4v) is 2.81. The van der Waals surface area contributed by atoms with Crippen molar-refractivity contribution in [3.63, 3.8) is 0 Å². The fraction of sp³-hybridized carbons (Fsp3) is 0.684. The molecule has 0 fully saturated rings. The van der Waals surface area contributed by atoms with Crippen LogP contribution in [0.4, 0.5) is 5.82 Å². The van der Waals surface area contributed by atoms with E-state index in [4.69, 9.17) is 0 Å². The molecule has 1 heterocycles. The highest BCUT2D eigenvalue weighted by atomic mass is 15.2. The van der Waals surface area contributed by atoms with Gasteiger partial charge in [-0.25, -0.2) is 4.98 Å². The molecule has 0 amide bonds. The first-order valence-electron chi connectivity index (χ1n) is 9.32. The van der Waals surface area contributed by atoms with Crippen LogP contribution in [0.3, 0.4) is 0 Å². The van der Waals surface area contributed by atoms with Gasteiger partial charge in [0.25, 0.3) is 0 Å². The van der Waals surface area contributed by atoms with Gasteiger partial charge < -0.3 is 20.4 Å². The highest BCUT2D eigenvalue weighted by molar-refractivity contribution is 5.80. The summed E-state index contributed by atoms with van der Waals surface area (Å²) in [6.07, 6.45) is 4.15. The van der Waals surface area contributed by atoms with Gasteiger partial charge in [-0.3, -0.25) is 4.99 Å². The number of pyridine rings is 1. The smallest absolute Gasteiger partial charge is 0.191 e. The van der Waals surface area contributed by atoms with Crippen LogP contribution in [0.15, 0.2) is 23.3 Å². The number of nitrogens with one attached hydrogen (secondary N) is 2. The summed E-state index contributed by atoms with van der Waals surface area (Å²) in [6, 6.07) is 4.45. The molecule has 1 aromatic heterocycles. The lowest BCUT2D eigenvalue weighted by molar-refractivity contribution is 0.292. The molecule has 25 heavy (non-hydrogen) atoms. The summed E-state index contributed by atoms with van der Waals surface area (Å²) in [5.41, 5.74) is 1.16. The molecule has 2 N–H and O–H groups in total. The van der Waals surface area contributed by atoms with Crippen molar-refractivity contribution >= 4 is 11.8 Å². The molecular weight excluding hydrogens is 312 g/mol. The Morgan fingerprint density at radius 1 is 1.28 bits per heavy atom. The molecule has 0 bridgehead atoms. The van der Waals surface area contributed by atoms with E-state index in [0.29, 0.717) is 12.6 Å². The molecule has 142 valence electrons. The van der Waals surface area contributed by atoms with E-state index in [1.165, 1.54) is 6.42 Å². The van der Waals surface area contributed by atoms with Gasteiger partial charge in [-0.2, -0.15) is 0 Å².